The number of aromatic amines is 1. The van der Waals surface area contributed by atoms with Crippen LogP contribution in [0.25, 0.3) is 0 Å². The summed E-state index contributed by atoms with van der Waals surface area (Å²) in [6.07, 6.45) is 0. The highest BCUT2D eigenvalue weighted by Gasteiger charge is 2.34. The maximum absolute atomic E-state index is 13.1. The van der Waals surface area contributed by atoms with Gasteiger partial charge in [-0.25, -0.2) is 4.39 Å². The number of allylic oxidation sites excluding steroid dienone is 1. The van der Waals surface area contributed by atoms with E-state index in [0.29, 0.717) is 23.0 Å². The molecule has 0 radical (unpaired) electrons. The second kappa shape index (κ2) is 7.79. The van der Waals surface area contributed by atoms with E-state index in [-0.39, 0.29) is 18.3 Å². The molecule has 0 saturated heterocycles. The first-order valence-electron chi connectivity index (χ1n) is 9.19. The molecule has 0 bridgehead atoms. The summed E-state index contributed by atoms with van der Waals surface area (Å²) < 4.78 is 29.8. The SMILES string of the molecule is COc1cc(C2C(C#N)=C(N)Oc3n[nH]c(C)c32)ccc1COc1ccc(F)cc1. The van der Waals surface area contributed by atoms with E-state index in [0.717, 1.165) is 22.4 Å². The molecule has 1 aromatic heterocycles. The number of hydrogen-bond donors (Lipinski definition) is 2. The zero-order valence-electron chi connectivity index (χ0n) is 16.4. The van der Waals surface area contributed by atoms with Crippen LogP contribution < -0.4 is 19.9 Å². The highest BCUT2D eigenvalue weighted by Crippen LogP contribution is 2.43. The van der Waals surface area contributed by atoms with E-state index in [4.69, 9.17) is 19.9 Å². The second-order valence-electron chi connectivity index (χ2n) is 6.81. The summed E-state index contributed by atoms with van der Waals surface area (Å²) in [6.45, 7) is 2.10. The molecule has 152 valence electrons. The summed E-state index contributed by atoms with van der Waals surface area (Å²) in [5.41, 5.74) is 9.44. The van der Waals surface area contributed by atoms with Crippen molar-refractivity contribution in [3.8, 4) is 23.4 Å². The number of nitrogens with two attached hydrogens (primary N) is 1. The Hall–Kier alpha value is -3.99. The fraction of sp³-hybridized carbons (Fsp3) is 0.182. The summed E-state index contributed by atoms with van der Waals surface area (Å²) in [6, 6.07) is 13.6. The van der Waals surface area contributed by atoms with Gasteiger partial charge in [0.05, 0.1) is 13.0 Å². The molecule has 30 heavy (non-hydrogen) atoms. The minimum absolute atomic E-state index is 0.0317. The average molecular weight is 406 g/mol. The lowest BCUT2D eigenvalue weighted by atomic mass is 9.84. The van der Waals surface area contributed by atoms with Crippen LogP contribution in [-0.4, -0.2) is 17.3 Å². The summed E-state index contributed by atoms with van der Waals surface area (Å²) in [7, 11) is 1.56. The normalized spacial score (nSPS) is 15.2. The Balaban J connectivity index is 1.68. The number of H-pyrrole nitrogens is 1. The number of aromatic nitrogens is 2. The maximum Gasteiger partial charge on any atom is 0.244 e. The van der Waals surface area contributed by atoms with Crippen molar-refractivity contribution < 1.29 is 18.6 Å². The van der Waals surface area contributed by atoms with Crippen LogP contribution in [0.1, 0.15) is 28.3 Å². The van der Waals surface area contributed by atoms with E-state index < -0.39 is 5.92 Å². The topological polar surface area (TPSA) is 106 Å². The minimum Gasteiger partial charge on any atom is -0.496 e. The number of ether oxygens (including phenoxy) is 3. The molecule has 0 amide bonds. The molecule has 7 nitrogen and oxygen atoms in total. The van der Waals surface area contributed by atoms with E-state index in [1.165, 1.54) is 12.1 Å². The van der Waals surface area contributed by atoms with Crippen molar-refractivity contribution in [1.82, 2.24) is 10.2 Å². The zero-order chi connectivity index (χ0) is 21.3. The monoisotopic (exact) mass is 406 g/mol. The Kier molecular flexibility index (Phi) is 5.02. The summed E-state index contributed by atoms with van der Waals surface area (Å²) in [5, 5.41) is 16.7. The largest absolute Gasteiger partial charge is 0.496 e. The number of hydrogen-bond acceptors (Lipinski definition) is 6. The van der Waals surface area contributed by atoms with Gasteiger partial charge in [0.25, 0.3) is 0 Å². The first-order chi connectivity index (χ1) is 14.5. The van der Waals surface area contributed by atoms with E-state index >= 15 is 0 Å². The molecular weight excluding hydrogens is 387 g/mol. The van der Waals surface area contributed by atoms with Gasteiger partial charge in [-0.1, -0.05) is 12.1 Å². The van der Waals surface area contributed by atoms with Crippen LogP contribution in [-0.2, 0) is 6.61 Å². The maximum atomic E-state index is 13.1. The van der Waals surface area contributed by atoms with E-state index in [1.807, 2.05) is 25.1 Å². The van der Waals surface area contributed by atoms with Crippen molar-refractivity contribution >= 4 is 0 Å². The molecule has 3 N–H and O–H groups in total. The van der Waals surface area contributed by atoms with Gasteiger partial charge in [-0.2, -0.15) is 5.26 Å². The van der Waals surface area contributed by atoms with Crippen molar-refractivity contribution in [2.45, 2.75) is 19.4 Å². The van der Waals surface area contributed by atoms with E-state index in [2.05, 4.69) is 16.3 Å². The molecule has 0 aliphatic carbocycles. The average Bonchev–Trinajstić information content (AvgIpc) is 3.12. The van der Waals surface area contributed by atoms with Gasteiger partial charge in [0.2, 0.25) is 11.8 Å². The number of fused-ring (bicyclic) bond motifs is 1. The molecule has 1 aliphatic rings. The van der Waals surface area contributed by atoms with Gasteiger partial charge in [-0.15, -0.1) is 5.10 Å². The van der Waals surface area contributed by atoms with Gasteiger partial charge in [-0.05, 0) is 42.8 Å². The molecular formula is C22H19FN4O3. The zero-order valence-corrected chi connectivity index (χ0v) is 16.4. The lowest BCUT2D eigenvalue weighted by Gasteiger charge is -2.24. The lowest BCUT2D eigenvalue weighted by molar-refractivity contribution is 0.296. The molecule has 3 aromatic rings. The number of benzene rings is 2. The van der Waals surface area contributed by atoms with Gasteiger partial charge in [-0.3, -0.25) is 5.10 Å². The number of aryl methyl sites for hydroxylation is 1. The van der Waals surface area contributed by atoms with Crippen LogP contribution in [0, 0.1) is 24.1 Å². The molecule has 2 heterocycles. The highest BCUT2D eigenvalue weighted by molar-refractivity contribution is 5.56. The summed E-state index contributed by atoms with van der Waals surface area (Å²) >= 11 is 0. The third-order valence-corrected chi connectivity index (χ3v) is 4.98. The smallest absolute Gasteiger partial charge is 0.244 e. The molecule has 1 aliphatic heterocycles. The van der Waals surface area contributed by atoms with Gasteiger partial charge < -0.3 is 19.9 Å². The minimum atomic E-state index is -0.432. The van der Waals surface area contributed by atoms with Crippen molar-refractivity contribution in [3.05, 3.63) is 82.1 Å². The van der Waals surface area contributed by atoms with Crippen LogP contribution in [0.4, 0.5) is 4.39 Å². The van der Waals surface area contributed by atoms with Crippen LogP contribution in [0.5, 0.6) is 17.4 Å². The third kappa shape index (κ3) is 3.42. The number of rotatable bonds is 5. The first kappa shape index (κ1) is 19.3. The molecule has 0 saturated carbocycles. The molecule has 1 atom stereocenters. The highest BCUT2D eigenvalue weighted by atomic mass is 19.1. The van der Waals surface area contributed by atoms with Crippen LogP contribution in [0.2, 0.25) is 0 Å². The van der Waals surface area contributed by atoms with Crippen LogP contribution in [0.3, 0.4) is 0 Å². The van der Waals surface area contributed by atoms with Crippen molar-refractivity contribution in [1.29, 1.82) is 5.26 Å². The fourth-order valence-corrected chi connectivity index (χ4v) is 3.48. The molecule has 8 heteroatoms. The number of halogens is 1. The van der Waals surface area contributed by atoms with E-state index in [9.17, 15) is 9.65 Å². The Morgan fingerprint density at radius 2 is 2.03 bits per heavy atom. The molecule has 0 fully saturated rings. The molecule has 2 aromatic carbocycles. The molecule has 4 rings (SSSR count). The standard InChI is InChI=1S/C22H19FN4O3/c1-12-19-20(17(10-24)21(25)30-22(19)27-26-12)13-3-4-14(18(9-13)28-2)11-29-16-7-5-15(23)6-8-16/h3-9,20H,11,25H2,1-2H3,(H,26,27). The van der Waals surface area contributed by atoms with Gasteiger partial charge in [0.15, 0.2) is 0 Å². The Morgan fingerprint density at radius 1 is 1.27 bits per heavy atom. The predicted octanol–water partition coefficient (Wildman–Crippen LogP) is 3.66. The van der Waals surface area contributed by atoms with Crippen LogP contribution in [0.15, 0.2) is 53.9 Å². The quantitative estimate of drug-likeness (QED) is 0.670. The van der Waals surface area contributed by atoms with Crippen molar-refractivity contribution in [2.75, 3.05) is 7.11 Å². The Labute approximate surface area is 172 Å². The Bertz CT molecular complexity index is 1160. The van der Waals surface area contributed by atoms with Gasteiger partial charge in [0, 0.05) is 16.8 Å². The number of nitriles is 1. The fourth-order valence-electron chi connectivity index (χ4n) is 3.48. The predicted molar refractivity (Wildman–Crippen MR) is 106 cm³/mol. The number of nitrogens with one attached hydrogen (secondary N) is 1. The number of methoxy groups -OCH3 is 1. The van der Waals surface area contributed by atoms with Gasteiger partial charge >= 0.3 is 0 Å². The second-order valence-corrected chi connectivity index (χ2v) is 6.81. The summed E-state index contributed by atoms with van der Waals surface area (Å²) in [4.78, 5) is 0. The molecule has 0 spiro atoms. The first-order valence-corrected chi connectivity index (χ1v) is 9.19. The third-order valence-electron chi connectivity index (χ3n) is 4.98. The molecule has 1 unspecified atom stereocenters. The summed E-state index contributed by atoms with van der Waals surface area (Å²) in [5.74, 6) is 0.780. The van der Waals surface area contributed by atoms with Crippen molar-refractivity contribution in [3.63, 3.8) is 0 Å². The van der Waals surface area contributed by atoms with Crippen LogP contribution >= 0.6 is 0 Å². The van der Waals surface area contributed by atoms with Crippen molar-refractivity contribution in [2.24, 2.45) is 5.73 Å². The van der Waals surface area contributed by atoms with E-state index in [1.54, 1.807) is 19.2 Å². The number of nitrogens with zero attached hydrogens (tertiary/aromatic N) is 2. The Morgan fingerprint density at radius 3 is 2.73 bits per heavy atom. The lowest BCUT2D eigenvalue weighted by Crippen LogP contribution is -2.21. The van der Waals surface area contributed by atoms with Gasteiger partial charge in [0.1, 0.15) is 35.6 Å².